The Morgan fingerprint density at radius 1 is 1.60 bits per heavy atom. The molecule has 0 aromatic carbocycles. The monoisotopic (exact) mass is 354 g/mol. The van der Waals surface area contributed by atoms with Crippen LogP contribution in [0.5, 0.6) is 0 Å². The molecule has 7 heteroatoms. The zero-order chi connectivity index (χ0) is 14.1. The van der Waals surface area contributed by atoms with E-state index in [4.69, 9.17) is 0 Å². The molecule has 0 atom stereocenters. The Hall–Kier alpha value is -1.21. The van der Waals surface area contributed by atoms with Crippen LogP contribution in [0.3, 0.4) is 0 Å². The van der Waals surface area contributed by atoms with Crippen molar-refractivity contribution in [2.45, 2.75) is 38.8 Å². The first kappa shape index (κ1) is 13.8. The van der Waals surface area contributed by atoms with Crippen LogP contribution in [0.4, 0.5) is 0 Å². The molecule has 20 heavy (non-hydrogen) atoms. The van der Waals surface area contributed by atoms with Gasteiger partial charge in [-0.25, -0.2) is 4.98 Å². The number of hydrogen-bond donors (Lipinski definition) is 1. The van der Waals surface area contributed by atoms with Crippen LogP contribution in [0.15, 0.2) is 16.0 Å². The van der Waals surface area contributed by atoms with Gasteiger partial charge in [0.15, 0.2) is 0 Å². The molecule has 1 aliphatic carbocycles. The molecule has 2 aromatic rings. The molecule has 2 heterocycles. The third-order valence-corrected chi connectivity index (χ3v) is 4.87. The Morgan fingerprint density at radius 2 is 2.40 bits per heavy atom. The van der Waals surface area contributed by atoms with Gasteiger partial charge in [0.05, 0.1) is 27.9 Å². The summed E-state index contributed by atoms with van der Waals surface area (Å²) in [6.07, 6.45) is 4.15. The molecule has 1 N–H and O–H groups in total. The summed E-state index contributed by atoms with van der Waals surface area (Å²) in [5, 5.41) is 10.3. The Morgan fingerprint density at radius 3 is 3.10 bits per heavy atom. The first-order valence-electron chi connectivity index (χ1n) is 6.62. The van der Waals surface area contributed by atoms with E-state index in [9.17, 15) is 4.79 Å². The lowest BCUT2D eigenvalue weighted by molar-refractivity contribution is 0.0939. The van der Waals surface area contributed by atoms with Crippen molar-refractivity contribution in [3.8, 4) is 0 Å². The molecule has 0 bridgehead atoms. The molecule has 0 unspecified atom stereocenters. The SMILES string of the molecule is CCn1ncc(Br)c1C(=O)NCc1csc(C2CC2)n1. The number of halogens is 1. The summed E-state index contributed by atoms with van der Waals surface area (Å²) in [4.78, 5) is 16.8. The smallest absolute Gasteiger partial charge is 0.271 e. The number of aryl methyl sites for hydroxylation is 1. The number of amides is 1. The second-order valence-corrected chi connectivity index (χ2v) is 6.53. The average molecular weight is 355 g/mol. The minimum absolute atomic E-state index is 0.128. The van der Waals surface area contributed by atoms with Gasteiger partial charge in [-0.3, -0.25) is 9.48 Å². The maximum atomic E-state index is 12.2. The normalized spacial score (nSPS) is 14.5. The molecule has 1 saturated carbocycles. The maximum absolute atomic E-state index is 12.2. The molecular weight excluding hydrogens is 340 g/mol. The quantitative estimate of drug-likeness (QED) is 0.897. The number of aromatic nitrogens is 3. The molecule has 2 aromatic heterocycles. The summed E-state index contributed by atoms with van der Waals surface area (Å²) >= 11 is 5.05. The lowest BCUT2D eigenvalue weighted by Crippen LogP contribution is -2.26. The van der Waals surface area contributed by atoms with Gasteiger partial charge in [0, 0.05) is 17.8 Å². The average Bonchev–Trinajstić information content (AvgIpc) is 3.07. The fourth-order valence-electron chi connectivity index (χ4n) is 2.00. The topological polar surface area (TPSA) is 59.8 Å². The Balaban J connectivity index is 1.64. The van der Waals surface area contributed by atoms with Gasteiger partial charge in [0.2, 0.25) is 0 Å². The van der Waals surface area contributed by atoms with Crippen LogP contribution in [-0.4, -0.2) is 20.7 Å². The first-order valence-corrected chi connectivity index (χ1v) is 8.30. The standard InChI is InChI=1S/C13H15BrN4OS/c1-2-18-11(10(14)6-16-18)12(19)15-5-9-7-20-13(17-9)8-3-4-8/h6-8H,2-5H2,1H3,(H,15,19). The van der Waals surface area contributed by atoms with Crippen molar-refractivity contribution in [3.63, 3.8) is 0 Å². The van der Waals surface area contributed by atoms with E-state index < -0.39 is 0 Å². The van der Waals surface area contributed by atoms with Crippen molar-refractivity contribution in [2.75, 3.05) is 0 Å². The molecule has 1 amide bonds. The third kappa shape index (κ3) is 2.78. The van der Waals surface area contributed by atoms with Crippen LogP contribution >= 0.6 is 27.3 Å². The molecule has 0 aliphatic heterocycles. The van der Waals surface area contributed by atoms with Crippen molar-refractivity contribution >= 4 is 33.2 Å². The van der Waals surface area contributed by atoms with Crippen LogP contribution in [-0.2, 0) is 13.1 Å². The van der Waals surface area contributed by atoms with Crippen molar-refractivity contribution in [2.24, 2.45) is 0 Å². The number of rotatable bonds is 5. The van der Waals surface area contributed by atoms with Gasteiger partial charge in [-0.2, -0.15) is 5.10 Å². The fourth-order valence-corrected chi connectivity index (χ4v) is 3.47. The lowest BCUT2D eigenvalue weighted by atomic mass is 10.3. The highest BCUT2D eigenvalue weighted by Crippen LogP contribution is 2.41. The maximum Gasteiger partial charge on any atom is 0.271 e. The van der Waals surface area contributed by atoms with E-state index in [0.717, 1.165) is 5.69 Å². The highest BCUT2D eigenvalue weighted by Gasteiger charge is 2.26. The number of hydrogen-bond acceptors (Lipinski definition) is 4. The van der Waals surface area contributed by atoms with Crippen LogP contribution in [0.25, 0.3) is 0 Å². The van der Waals surface area contributed by atoms with Crippen molar-refractivity contribution < 1.29 is 4.79 Å². The molecule has 0 spiro atoms. The molecule has 3 rings (SSSR count). The van der Waals surface area contributed by atoms with Gasteiger partial charge < -0.3 is 5.32 Å². The van der Waals surface area contributed by atoms with Crippen molar-refractivity contribution in [1.29, 1.82) is 0 Å². The Bertz CT molecular complexity index is 632. The molecular formula is C13H15BrN4OS. The molecule has 106 valence electrons. The van der Waals surface area contributed by atoms with Gasteiger partial charge in [-0.1, -0.05) is 0 Å². The zero-order valence-electron chi connectivity index (χ0n) is 11.1. The summed E-state index contributed by atoms with van der Waals surface area (Å²) in [5.74, 6) is 0.539. The van der Waals surface area contributed by atoms with E-state index in [2.05, 4.69) is 31.3 Å². The highest BCUT2D eigenvalue weighted by molar-refractivity contribution is 9.10. The fraction of sp³-hybridized carbons (Fsp3) is 0.462. The number of carbonyl (C=O) groups is 1. The van der Waals surface area contributed by atoms with E-state index in [1.807, 2.05) is 12.3 Å². The van der Waals surface area contributed by atoms with Gasteiger partial charge in [0.25, 0.3) is 5.91 Å². The van der Waals surface area contributed by atoms with Gasteiger partial charge in [0.1, 0.15) is 5.69 Å². The highest BCUT2D eigenvalue weighted by atomic mass is 79.9. The second kappa shape index (κ2) is 5.65. The lowest BCUT2D eigenvalue weighted by Gasteiger charge is -2.06. The largest absolute Gasteiger partial charge is 0.345 e. The number of nitrogens with zero attached hydrogens (tertiary/aromatic N) is 3. The summed E-state index contributed by atoms with van der Waals surface area (Å²) in [6, 6.07) is 0. The van der Waals surface area contributed by atoms with Crippen LogP contribution in [0.2, 0.25) is 0 Å². The summed E-state index contributed by atoms with van der Waals surface area (Å²) in [7, 11) is 0. The van der Waals surface area contributed by atoms with Crippen LogP contribution in [0.1, 0.15) is 46.9 Å². The van der Waals surface area contributed by atoms with Crippen LogP contribution < -0.4 is 5.32 Å². The van der Waals surface area contributed by atoms with E-state index >= 15 is 0 Å². The Labute approximate surface area is 129 Å². The van der Waals surface area contributed by atoms with E-state index in [1.54, 1.807) is 22.2 Å². The predicted molar refractivity (Wildman–Crippen MR) is 80.9 cm³/mol. The molecule has 1 fully saturated rings. The molecule has 0 radical (unpaired) electrons. The molecule has 1 aliphatic rings. The number of thiazole rings is 1. The molecule has 5 nitrogen and oxygen atoms in total. The van der Waals surface area contributed by atoms with Crippen molar-refractivity contribution in [1.82, 2.24) is 20.1 Å². The van der Waals surface area contributed by atoms with Gasteiger partial charge in [-0.15, -0.1) is 11.3 Å². The second-order valence-electron chi connectivity index (χ2n) is 4.79. The summed E-state index contributed by atoms with van der Waals surface area (Å²) < 4.78 is 2.39. The zero-order valence-corrected chi connectivity index (χ0v) is 13.5. The van der Waals surface area contributed by atoms with Gasteiger partial charge in [-0.05, 0) is 35.7 Å². The van der Waals surface area contributed by atoms with E-state index in [0.29, 0.717) is 29.2 Å². The number of nitrogens with one attached hydrogen (secondary N) is 1. The third-order valence-electron chi connectivity index (χ3n) is 3.24. The van der Waals surface area contributed by atoms with E-state index in [1.165, 1.54) is 17.8 Å². The minimum atomic E-state index is -0.128. The van der Waals surface area contributed by atoms with E-state index in [-0.39, 0.29) is 5.91 Å². The molecule has 0 saturated heterocycles. The summed E-state index contributed by atoms with van der Waals surface area (Å²) in [5.41, 5.74) is 1.49. The predicted octanol–water partition coefficient (Wildman–Crippen LogP) is 2.93. The number of carbonyl (C=O) groups excluding carboxylic acids is 1. The Kier molecular flexibility index (Phi) is 3.89. The summed E-state index contributed by atoms with van der Waals surface area (Å²) in [6.45, 7) is 3.08. The minimum Gasteiger partial charge on any atom is -0.345 e. The first-order chi connectivity index (χ1) is 9.69. The van der Waals surface area contributed by atoms with Crippen LogP contribution in [0, 0.1) is 0 Å². The van der Waals surface area contributed by atoms with Crippen molar-refractivity contribution in [3.05, 3.63) is 32.4 Å². The van der Waals surface area contributed by atoms with Gasteiger partial charge >= 0.3 is 0 Å².